The van der Waals surface area contributed by atoms with Crippen molar-refractivity contribution >= 4 is 12.2 Å². The van der Waals surface area contributed by atoms with Gasteiger partial charge < -0.3 is 15.2 Å². The fraction of sp³-hybridized carbons (Fsp3) is 0.500. The van der Waals surface area contributed by atoms with E-state index < -0.39 is 23.3 Å². The molecule has 1 aromatic rings. The summed E-state index contributed by atoms with van der Waals surface area (Å²) in [5.41, 5.74) is -0.0587. The van der Waals surface area contributed by atoms with Crippen molar-refractivity contribution in [1.29, 1.82) is 0 Å². The second-order valence-electron chi connectivity index (χ2n) is 6.26. The van der Waals surface area contributed by atoms with E-state index in [9.17, 15) is 9.59 Å². The Kier molecular flexibility index (Phi) is 5.60. The van der Waals surface area contributed by atoms with Crippen molar-refractivity contribution in [2.75, 3.05) is 6.61 Å². The van der Waals surface area contributed by atoms with Gasteiger partial charge in [0.1, 0.15) is 0 Å². The predicted molar refractivity (Wildman–Crippen MR) is 86.7 cm³/mol. The van der Waals surface area contributed by atoms with Crippen molar-refractivity contribution in [2.24, 2.45) is 5.84 Å². The first kappa shape index (κ1) is 18.8. The van der Waals surface area contributed by atoms with Gasteiger partial charge in [-0.2, -0.15) is 0 Å². The molecule has 0 saturated heterocycles. The van der Waals surface area contributed by atoms with Crippen molar-refractivity contribution < 1.29 is 19.4 Å². The maximum Gasteiger partial charge on any atom is 0.424 e. The number of benzene rings is 1. The van der Waals surface area contributed by atoms with E-state index in [1.807, 2.05) is 18.2 Å². The van der Waals surface area contributed by atoms with Crippen molar-refractivity contribution in [1.82, 2.24) is 10.3 Å². The van der Waals surface area contributed by atoms with E-state index in [0.29, 0.717) is 0 Å². The largest absolute Gasteiger partial charge is 0.465 e. The van der Waals surface area contributed by atoms with Gasteiger partial charge in [-0.25, -0.2) is 20.4 Å². The normalized spacial score (nSPS) is 11.7. The maximum absolute atomic E-state index is 11.9. The highest BCUT2D eigenvalue weighted by molar-refractivity contribution is 5.68. The van der Waals surface area contributed by atoms with Crippen LogP contribution in [-0.2, 0) is 15.8 Å². The van der Waals surface area contributed by atoms with Crippen LogP contribution < -0.4 is 11.2 Å². The molecule has 23 heavy (non-hydrogen) atoms. The summed E-state index contributed by atoms with van der Waals surface area (Å²) in [6.45, 7) is 9.05. The van der Waals surface area contributed by atoms with Crippen LogP contribution in [0.4, 0.5) is 9.59 Å². The quantitative estimate of drug-likeness (QED) is 0.439. The third kappa shape index (κ3) is 4.35. The van der Waals surface area contributed by atoms with E-state index in [0.717, 1.165) is 16.1 Å². The van der Waals surface area contributed by atoms with Gasteiger partial charge in [-0.1, -0.05) is 24.3 Å². The SMILES string of the molecule is CCOC(=O)N(N)C(C)(C)c1cccc(C(C)(C)NC(=O)O)c1. The Hall–Kier alpha value is -2.28. The number of rotatable bonds is 5. The molecule has 0 atom stereocenters. The van der Waals surface area contributed by atoms with Crippen molar-refractivity contribution in [2.45, 2.75) is 45.7 Å². The van der Waals surface area contributed by atoms with Crippen molar-refractivity contribution in [3.63, 3.8) is 0 Å². The van der Waals surface area contributed by atoms with Crippen LogP contribution in [0.2, 0.25) is 0 Å². The smallest absolute Gasteiger partial charge is 0.424 e. The Balaban J connectivity index is 3.16. The summed E-state index contributed by atoms with van der Waals surface area (Å²) in [5, 5.41) is 12.5. The van der Waals surface area contributed by atoms with Gasteiger partial charge in [0.15, 0.2) is 0 Å². The van der Waals surface area contributed by atoms with Gasteiger partial charge in [0.05, 0.1) is 17.7 Å². The zero-order valence-corrected chi connectivity index (χ0v) is 14.2. The van der Waals surface area contributed by atoms with E-state index in [4.69, 9.17) is 15.7 Å². The minimum absolute atomic E-state index is 0.234. The number of nitrogens with one attached hydrogen (secondary N) is 1. The van der Waals surface area contributed by atoms with Gasteiger partial charge in [-0.15, -0.1) is 0 Å². The lowest BCUT2D eigenvalue weighted by atomic mass is 9.87. The number of hydrogen-bond donors (Lipinski definition) is 3. The van der Waals surface area contributed by atoms with E-state index in [1.54, 1.807) is 40.7 Å². The molecule has 1 rings (SSSR count). The van der Waals surface area contributed by atoms with Crippen LogP contribution in [0.3, 0.4) is 0 Å². The molecule has 0 aliphatic heterocycles. The zero-order chi connectivity index (χ0) is 17.8. The van der Waals surface area contributed by atoms with Gasteiger partial charge >= 0.3 is 12.2 Å². The molecule has 0 aliphatic carbocycles. The summed E-state index contributed by atoms with van der Waals surface area (Å²) < 4.78 is 4.93. The van der Waals surface area contributed by atoms with Crippen LogP contribution >= 0.6 is 0 Å². The lowest BCUT2D eigenvalue weighted by Crippen LogP contribution is -2.50. The number of carbonyl (C=O) groups excluding carboxylic acids is 1. The first-order valence-corrected chi connectivity index (χ1v) is 7.36. The maximum atomic E-state index is 11.9. The average molecular weight is 323 g/mol. The average Bonchev–Trinajstić information content (AvgIpc) is 2.45. The van der Waals surface area contributed by atoms with Gasteiger partial charge in [0, 0.05) is 0 Å². The Bertz CT molecular complexity index is 584. The summed E-state index contributed by atoms with van der Waals surface area (Å²) in [4.78, 5) is 22.8. The number of carbonyl (C=O) groups is 2. The molecule has 7 heteroatoms. The van der Waals surface area contributed by atoms with Crippen LogP contribution in [0.1, 0.15) is 45.7 Å². The minimum atomic E-state index is -1.10. The molecule has 0 unspecified atom stereocenters. The van der Waals surface area contributed by atoms with E-state index in [1.165, 1.54) is 0 Å². The molecular formula is C16H25N3O4. The molecule has 1 aromatic carbocycles. The van der Waals surface area contributed by atoms with Crippen molar-refractivity contribution in [3.8, 4) is 0 Å². The topological polar surface area (TPSA) is 105 Å². The predicted octanol–water partition coefficient (Wildman–Crippen LogP) is 2.76. The monoisotopic (exact) mass is 323 g/mol. The van der Waals surface area contributed by atoms with Crippen molar-refractivity contribution in [3.05, 3.63) is 35.4 Å². The molecule has 0 fully saturated rings. The fourth-order valence-corrected chi connectivity index (χ4v) is 2.19. The first-order valence-electron chi connectivity index (χ1n) is 7.36. The molecule has 7 nitrogen and oxygen atoms in total. The molecule has 128 valence electrons. The molecule has 0 aromatic heterocycles. The third-order valence-electron chi connectivity index (χ3n) is 3.78. The fourth-order valence-electron chi connectivity index (χ4n) is 2.19. The molecular weight excluding hydrogens is 298 g/mol. The summed E-state index contributed by atoms with van der Waals surface area (Å²) in [6.07, 6.45) is -1.72. The number of carboxylic acid groups (broad SMARTS) is 1. The van der Waals surface area contributed by atoms with Gasteiger partial charge in [-0.3, -0.25) is 0 Å². The highest BCUT2D eigenvalue weighted by Crippen LogP contribution is 2.29. The second-order valence-corrected chi connectivity index (χ2v) is 6.26. The number of ether oxygens (including phenoxy) is 1. The first-order chi connectivity index (χ1) is 10.5. The summed E-state index contributed by atoms with van der Waals surface area (Å²) in [6, 6.07) is 7.28. The summed E-state index contributed by atoms with van der Waals surface area (Å²) in [5.74, 6) is 5.90. The second kappa shape index (κ2) is 6.87. The Morgan fingerprint density at radius 3 is 2.35 bits per heavy atom. The van der Waals surface area contributed by atoms with Crippen LogP contribution in [0.25, 0.3) is 0 Å². The highest BCUT2D eigenvalue weighted by Gasteiger charge is 2.33. The molecule has 4 N–H and O–H groups in total. The molecule has 0 bridgehead atoms. The van der Waals surface area contributed by atoms with E-state index >= 15 is 0 Å². The Morgan fingerprint density at radius 1 is 1.26 bits per heavy atom. The Labute approximate surface area is 136 Å². The summed E-state index contributed by atoms with van der Waals surface area (Å²) >= 11 is 0. The minimum Gasteiger partial charge on any atom is -0.465 e. The van der Waals surface area contributed by atoms with Crippen LogP contribution in [0.15, 0.2) is 24.3 Å². The van der Waals surface area contributed by atoms with E-state index in [2.05, 4.69) is 5.32 Å². The van der Waals surface area contributed by atoms with E-state index in [-0.39, 0.29) is 6.61 Å². The zero-order valence-electron chi connectivity index (χ0n) is 14.2. The Morgan fingerprint density at radius 2 is 1.83 bits per heavy atom. The molecule has 0 spiro atoms. The highest BCUT2D eigenvalue weighted by atomic mass is 16.6. The number of hydrogen-bond acceptors (Lipinski definition) is 4. The van der Waals surface area contributed by atoms with Crippen LogP contribution in [-0.4, -0.2) is 28.9 Å². The molecule has 0 saturated carbocycles. The molecule has 2 amide bonds. The lowest BCUT2D eigenvalue weighted by Gasteiger charge is -2.35. The van der Waals surface area contributed by atoms with Crippen LogP contribution in [0, 0.1) is 0 Å². The van der Waals surface area contributed by atoms with Gasteiger partial charge in [0.25, 0.3) is 0 Å². The molecule has 0 aliphatic rings. The lowest BCUT2D eigenvalue weighted by molar-refractivity contribution is 0.0638. The van der Waals surface area contributed by atoms with Gasteiger partial charge in [-0.05, 0) is 45.7 Å². The number of amides is 2. The number of nitrogens with zero attached hydrogens (tertiary/aromatic N) is 1. The standard InChI is InChI=1S/C16H25N3O4/c1-6-23-14(22)19(17)16(4,5)12-9-7-8-11(10-12)15(2,3)18-13(20)21/h7-10,18H,6,17H2,1-5H3,(H,20,21). The number of hydrazine groups is 1. The van der Waals surface area contributed by atoms with Gasteiger partial charge in [0.2, 0.25) is 0 Å². The summed E-state index contributed by atoms with van der Waals surface area (Å²) in [7, 11) is 0. The van der Waals surface area contributed by atoms with Crippen LogP contribution in [0.5, 0.6) is 0 Å². The third-order valence-corrected chi connectivity index (χ3v) is 3.78. The molecule has 0 radical (unpaired) electrons. The number of nitrogens with two attached hydrogens (primary N) is 1. The molecule has 0 heterocycles.